The highest BCUT2D eigenvalue weighted by Crippen LogP contribution is 2.54. The molecule has 15 heteroatoms. The molecule has 2 amide bonds. The lowest BCUT2D eigenvalue weighted by atomic mass is 9.81. The monoisotopic (exact) mass is 548 g/mol. The van der Waals surface area contributed by atoms with Crippen LogP contribution in [0.3, 0.4) is 0 Å². The summed E-state index contributed by atoms with van der Waals surface area (Å²) in [5, 5.41) is 14.8. The first kappa shape index (κ1) is 31.0. The summed E-state index contributed by atoms with van der Waals surface area (Å²) < 4.78 is 86.5. The number of carbonyl (C=O) groups is 3. The zero-order valence-electron chi connectivity index (χ0n) is 20.8. The highest BCUT2D eigenvalue weighted by molar-refractivity contribution is 5.74. The van der Waals surface area contributed by atoms with Crippen LogP contribution in [-0.4, -0.2) is 86.6 Å². The first-order valence-electron chi connectivity index (χ1n) is 11.7. The predicted molar refractivity (Wildman–Crippen MR) is 115 cm³/mol. The molecule has 2 aliphatic rings. The highest BCUT2D eigenvalue weighted by atomic mass is 19.4. The minimum absolute atomic E-state index is 0.123. The lowest BCUT2D eigenvalue weighted by Crippen LogP contribution is -2.63. The van der Waals surface area contributed by atoms with E-state index in [-0.39, 0.29) is 24.3 Å². The molecule has 1 saturated heterocycles. The fourth-order valence-corrected chi connectivity index (χ4v) is 4.34. The maximum absolute atomic E-state index is 14.5. The molecule has 0 radical (unpaired) electrons. The van der Waals surface area contributed by atoms with Gasteiger partial charge in [-0.25, -0.2) is 4.79 Å². The number of hydrogen-bond acceptors (Lipinski definition) is 8. The Morgan fingerprint density at radius 1 is 1.11 bits per heavy atom. The van der Waals surface area contributed by atoms with Crippen LogP contribution in [0.25, 0.3) is 0 Å². The van der Waals surface area contributed by atoms with Crippen molar-refractivity contribution in [2.45, 2.75) is 63.0 Å². The predicted octanol–water partition coefficient (Wildman–Crippen LogP) is 2.14. The topological polar surface area (TPSA) is 132 Å². The van der Waals surface area contributed by atoms with Crippen LogP contribution in [-0.2, 0) is 28.5 Å². The molecule has 214 valence electrons. The number of alkyl halides is 5. The first-order chi connectivity index (χ1) is 17.1. The largest absolute Gasteiger partial charge is 0.450 e. The Bertz CT molecular complexity index is 829. The molecule has 1 heterocycles. The van der Waals surface area contributed by atoms with Crippen molar-refractivity contribution in [3.05, 3.63) is 0 Å². The minimum atomic E-state index is -5.86. The molecule has 0 aromatic heterocycles. The van der Waals surface area contributed by atoms with Crippen LogP contribution in [0, 0.1) is 17.8 Å². The molecule has 1 saturated carbocycles. The Morgan fingerprint density at radius 2 is 1.70 bits per heavy atom. The van der Waals surface area contributed by atoms with Gasteiger partial charge in [0.05, 0.1) is 13.2 Å². The zero-order chi connectivity index (χ0) is 28.1. The highest BCUT2D eigenvalue weighted by Gasteiger charge is 2.82. The number of esters is 1. The summed E-state index contributed by atoms with van der Waals surface area (Å²) in [6.07, 6.45) is -3.26. The Hall–Kier alpha value is -2.26. The fourth-order valence-electron chi connectivity index (χ4n) is 4.34. The van der Waals surface area contributed by atoms with E-state index in [0.717, 1.165) is 32.8 Å². The molecular formula is C22H33F5N2O8. The van der Waals surface area contributed by atoms with Gasteiger partial charge in [0.25, 0.3) is 0 Å². The third kappa shape index (κ3) is 7.19. The van der Waals surface area contributed by atoms with Gasteiger partial charge in [-0.2, -0.15) is 22.0 Å². The average molecular weight is 549 g/mol. The van der Waals surface area contributed by atoms with Gasteiger partial charge in [-0.1, -0.05) is 6.42 Å². The van der Waals surface area contributed by atoms with Gasteiger partial charge in [-0.15, -0.1) is 0 Å². The summed E-state index contributed by atoms with van der Waals surface area (Å²) in [4.78, 5) is 35.7. The Morgan fingerprint density at radius 3 is 2.22 bits per heavy atom. The van der Waals surface area contributed by atoms with Gasteiger partial charge in [0.15, 0.2) is 0 Å². The molecule has 37 heavy (non-hydrogen) atoms. The number of amides is 2. The van der Waals surface area contributed by atoms with Gasteiger partial charge in [0, 0.05) is 27.1 Å². The molecule has 3 N–H and O–H groups in total. The first-order valence-corrected chi connectivity index (χ1v) is 11.7. The average Bonchev–Trinajstić information content (AvgIpc) is 2.99. The van der Waals surface area contributed by atoms with Crippen LogP contribution in [0.1, 0.15) is 39.5 Å². The van der Waals surface area contributed by atoms with Crippen LogP contribution in [0.4, 0.5) is 26.7 Å². The molecular weight excluding hydrogens is 515 g/mol. The number of halogens is 5. The summed E-state index contributed by atoms with van der Waals surface area (Å²) in [5.41, 5.74) is -3.16. The number of methoxy groups -OCH3 is 1. The van der Waals surface area contributed by atoms with Gasteiger partial charge < -0.3 is 34.7 Å². The second-order valence-electron chi connectivity index (χ2n) is 9.62. The molecule has 1 aliphatic heterocycles. The standard InChI is InChI=1S/C22H33F5N2O8/c1-13(30)28-8-14-5-4-6-15(7-14)9-29-18(32)35-11-16(10-34-3)17(31)37-19(2)12-36-21(33,20(19,23)24)22(25,26)27/h14-16,33H,4-12H2,1-3H3,(H,28,30)(H,29,32). The van der Waals surface area contributed by atoms with Crippen molar-refractivity contribution >= 4 is 18.0 Å². The van der Waals surface area contributed by atoms with Crippen molar-refractivity contribution in [3.63, 3.8) is 0 Å². The van der Waals surface area contributed by atoms with Crippen molar-refractivity contribution in [3.8, 4) is 0 Å². The summed E-state index contributed by atoms with van der Waals surface area (Å²) in [6, 6.07) is 0. The van der Waals surface area contributed by atoms with Crippen molar-refractivity contribution in [1.82, 2.24) is 10.6 Å². The Labute approximate surface area is 210 Å². The van der Waals surface area contributed by atoms with Crippen molar-refractivity contribution < 1.29 is 60.4 Å². The number of aliphatic hydroxyl groups is 1. The fraction of sp³-hybridized carbons (Fsp3) is 0.864. The number of hydrogen-bond donors (Lipinski definition) is 3. The van der Waals surface area contributed by atoms with Gasteiger partial charge in [0.2, 0.25) is 11.5 Å². The van der Waals surface area contributed by atoms with Crippen LogP contribution in [0.15, 0.2) is 0 Å². The Kier molecular flexibility index (Phi) is 10.1. The molecule has 5 unspecified atom stereocenters. The van der Waals surface area contributed by atoms with E-state index in [0.29, 0.717) is 13.5 Å². The minimum Gasteiger partial charge on any atom is -0.450 e. The number of ether oxygens (including phenoxy) is 4. The molecule has 10 nitrogen and oxygen atoms in total. The number of alkyl carbamates (subject to hydrolysis) is 1. The summed E-state index contributed by atoms with van der Waals surface area (Å²) in [7, 11) is 1.16. The third-order valence-electron chi connectivity index (χ3n) is 6.54. The molecule has 1 aliphatic carbocycles. The second kappa shape index (κ2) is 12.1. The van der Waals surface area contributed by atoms with Crippen LogP contribution >= 0.6 is 0 Å². The van der Waals surface area contributed by atoms with Gasteiger partial charge >= 0.3 is 29.9 Å². The molecule has 0 aromatic rings. The van der Waals surface area contributed by atoms with Gasteiger partial charge in [-0.05, 0) is 38.0 Å². The van der Waals surface area contributed by atoms with E-state index >= 15 is 0 Å². The van der Waals surface area contributed by atoms with E-state index in [1.54, 1.807) is 0 Å². The molecule has 0 aromatic carbocycles. The van der Waals surface area contributed by atoms with Crippen molar-refractivity contribution in [1.29, 1.82) is 0 Å². The molecule has 2 fully saturated rings. The van der Waals surface area contributed by atoms with Crippen LogP contribution in [0.2, 0.25) is 0 Å². The molecule has 0 spiro atoms. The SMILES string of the molecule is COCC(COC(=O)NCC1CCCC(CNC(C)=O)C1)C(=O)OC1(C)COC(O)(C(F)(F)F)C1(F)F. The van der Waals surface area contributed by atoms with E-state index in [1.807, 2.05) is 0 Å². The smallest absolute Gasteiger partial charge is 0.449 e. The number of rotatable bonds is 10. The van der Waals surface area contributed by atoms with E-state index < -0.39 is 61.3 Å². The van der Waals surface area contributed by atoms with E-state index in [1.165, 1.54) is 6.92 Å². The zero-order valence-corrected chi connectivity index (χ0v) is 20.8. The van der Waals surface area contributed by atoms with Gasteiger partial charge in [-0.3, -0.25) is 9.59 Å². The second-order valence-corrected chi connectivity index (χ2v) is 9.62. The van der Waals surface area contributed by atoms with E-state index in [4.69, 9.17) is 9.47 Å². The Balaban J connectivity index is 1.89. The van der Waals surface area contributed by atoms with Crippen LogP contribution < -0.4 is 10.6 Å². The summed E-state index contributed by atoms with van der Waals surface area (Å²) >= 11 is 0. The normalized spacial score (nSPS) is 30.3. The molecule has 5 atom stereocenters. The van der Waals surface area contributed by atoms with Gasteiger partial charge in [0.1, 0.15) is 12.5 Å². The maximum atomic E-state index is 14.5. The third-order valence-corrected chi connectivity index (χ3v) is 6.54. The van der Waals surface area contributed by atoms with Crippen LogP contribution in [0.5, 0.6) is 0 Å². The lowest BCUT2D eigenvalue weighted by molar-refractivity contribution is -0.409. The van der Waals surface area contributed by atoms with E-state index in [9.17, 15) is 41.4 Å². The van der Waals surface area contributed by atoms with E-state index in [2.05, 4.69) is 20.1 Å². The number of carbonyl (C=O) groups excluding carboxylic acids is 3. The summed E-state index contributed by atoms with van der Waals surface area (Å²) in [6.45, 7) is 0.182. The molecule has 2 rings (SSSR count). The quantitative estimate of drug-likeness (QED) is 0.280. The maximum Gasteiger partial charge on any atom is 0.449 e. The molecule has 0 bridgehead atoms. The van der Waals surface area contributed by atoms with Crippen molar-refractivity contribution in [2.24, 2.45) is 17.8 Å². The summed E-state index contributed by atoms with van der Waals surface area (Å²) in [5.74, 6) is -12.5. The number of nitrogens with one attached hydrogen (secondary N) is 2. The van der Waals surface area contributed by atoms with Crippen molar-refractivity contribution in [2.75, 3.05) is 40.0 Å². The lowest BCUT2D eigenvalue weighted by Gasteiger charge is -2.36.